The summed E-state index contributed by atoms with van der Waals surface area (Å²) >= 11 is 0. The Hall–Kier alpha value is -0.290. The maximum Gasteiger partial charge on any atom is 0.401 e. The molecular formula is C9H17F3N2. The summed E-state index contributed by atoms with van der Waals surface area (Å²) in [5.41, 5.74) is 0. The van der Waals surface area contributed by atoms with Crippen molar-refractivity contribution in [1.29, 1.82) is 0 Å². The van der Waals surface area contributed by atoms with Gasteiger partial charge in [0.25, 0.3) is 0 Å². The molecule has 1 aliphatic heterocycles. The SMILES string of the molecule is CCNC1CCN(CC(F)(F)F)CC1. The minimum absolute atomic E-state index is 0.407. The molecule has 1 heterocycles. The van der Waals surface area contributed by atoms with Crippen LogP contribution in [0.1, 0.15) is 19.8 Å². The highest BCUT2D eigenvalue weighted by molar-refractivity contribution is 4.77. The first-order valence-corrected chi connectivity index (χ1v) is 5.04. The second-order valence-corrected chi connectivity index (χ2v) is 3.72. The van der Waals surface area contributed by atoms with E-state index >= 15 is 0 Å². The van der Waals surface area contributed by atoms with Crippen molar-refractivity contribution in [2.24, 2.45) is 0 Å². The van der Waals surface area contributed by atoms with Gasteiger partial charge < -0.3 is 5.32 Å². The Kier molecular flexibility index (Phi) is 4.19. The van der Waals surface area contributed by atoms with Gasteiger partial charge in [0.2, 0.25) is 0 Å². The zero-order valence-electron chi connectivity index (χ0n) is 8.40. The van der Waals surface area contributed by atoms with E-state index in [-0.39, 0.29) is 0 Å². The molecule has 1 rings (SSSR count). The zero-order chi connectivity index (χ0) is 10.6. The number of hydrogen-bond donors (Lipinski definition) is 1. The summed E-state index contributed by atoms with van der Waals surface area (Å²) in [4.78, 5) is 1.48. The van der Waals surface area contributed by atoms with Crippen LogP contribution in [0.4, 0.5) is 13.2 Å². The predicted molar refractivity (Wildman–Crippen MR) is 49.2 cm³/mol. The molecule has 1 fully saturated rings. The number of hydrogen-bond acceptors (Lipinski definition) is 2. The molecule has 1 saturated heterocycles. The summed E-state index contributed by atoms with van der Waals surface area (Å²) in [5.74, 6) is 0. The number of nitrogens with zero attached hydrogens (tertiary/aromatic N) is 1. The molecule has 0 aliphatic carbocycles. The molecule has 1 N–H and O–H groups in total. The van der Waals surface area contributed by atoms with Crippen LogP contribution in [0, 0.1) is 0 Å². The highest BCUT2D eigenvalue weighted by atomic mass is 19.4. The molecule has 0 amide bonds. The number of halogens is 3. The first-order valence-electron chi connectivity index (χ1n) is 5.04. The van der Waals surface area contributed by atoms with Crippen LogP contribution in [0.25, 0.3) is 0 Å². The predicted octanol–water partition coefficient (Wildman–Crippen LogP) is 1.62. The van der Waals surface area contributed by atoms with Crippen LogP contribution in [-0.4, -0.2) is 43.3 Å². The summed E-state index contributed by atoms with van der Waals surface area (Å²) in [5, 5.41) is 3.26. The van der Waals surface area contributed by atoms with Gasteiger partial charge >= 0.3 is 6.18 Å². The summed E-state index contributed by atoms with van der Waals surface area (Å²) in [6.45, 7) is 3.26. The van der Waals surface area contributed by atoms with Crippen LogP contribution in [0.15, 0.2) is 0 Å². The zero-order valence-corrected chi connectivity index (χ0v) is 8.40. The number of piperidine rings is 1. The normalized spacial score (nSPS) is 21.4. The van der Waals surface area contributed by atoms with E-state index in [1.807, 2.05) is 6.92 Å². The molecule has 0 aromatic heterocycles. The molecule has 0 radical (unpaired) electrons. The van der Waals surface area contributed by atoms with Crippen LogP contribution >= 0.6 is 0 Å². The van der Waals surface area contributed by atoms with E-state index in [4.69, 9.17) is 0 Å². The van der Waals surface area contributed by atoms with Gasteiger partial charge in [0.1, 0.15) is 0 Å². The third-order valence-electron chi connectivity index (χ3n) is 2.48. The fourth-order valence-electron chi connectivity index (χ4n) is 1.84. The second-order valence-electron chi connectivity index (χ2n) is 3.72. The molecule has 0 spiro atoms. The van der Waals surface area contributed by atoms with Crippen LogP contribution in [0.3, 0.4) is 0 Å². The van der Waals surface area contributed by atoms with Crippen molar-refractivity contribution >= 4 is 0 Å². The molecule has 0 bridgehead atoms. The van der Waals surface area contributed by atoms with Gasteiger partial charge in [0.05, 0.1) is 6.54 Å². The standard InChI is InChI=1S/C9H17F3N2/c1-2-13-8-3-5-14(6-4-8)7-9(10,11)12/h8,13H,2-7H2,1H3. The van der Waals surface area contributed by atoms with Crippen molar-refractivity contribution in [3.8, 4) is 0 Å². The molecule has 5 heteroatoms. The lowest BCUT2D eigenvalue weighted by Gasteiger charge is -2.32. The minimum Gasteiger partial charge on any atom is -0.314 e. The van der Waals surface area contributed by atoms with Gasteiger partial charge in [-0.15, -0.1) is 0 Å². The van der Waals surface area contributed by atoms with Crippen LogP contribution in [0.5, 0.6) is 0 Å². The second kappa shape index (κ2) is 4.98. The van der Waals surface area contributed by atoms with Crippen LogP contribution in [-0.2, 0) is 0 Å². The van der Waals surface area contributed by atoms with Crippen molar-refractivity contribution < 1.29 is 13.2 Å². The minimum atomic E-state index is -4.05. The third kappa shape index (κ3) is 4.28. The Bertz CT molecular complexity index is 162. The first-order chi connectivity index (χ1) is 6.51. The Labute approximate surface area is 82.5 Å². The number of nitrogens with one attached hydrogen (secondary N) is 1. The highest BCUT2D eigenvalue weighted by Crippen LogP contribution is 2.19. The Morgan fingerprint density at radius 3 is 2.29 bits per heavy atom. The molecule has 0 unspecified atom stereocenters. The van der Waals surface area contributed by atoms with Crippen molar-refractivity contribution in [2.75, 3.05) is 26.2 Å². The van der Waals surface area contributed by atoms with Gasteiger partial charge in [-0.05, 0) is 32.5 Å². The smallest absolute Gasteiger partial charge is 0.314 e. The third-order valence-corrected chi connectivity index (χ3v) is 2.48. The fraction of sp³-hybridized carbons (Fsp3) is 1.00. The van der Waals surface area contributed by atoms with E-state index in [0.717, 1.165) is 19.4 Å². The van der Waals surface area contributed by atoms with E-state index in [9.17, 15) is 13.2 Å². The van der Waals surface area contributed by atoms with Gasteiger partial charge in [-0.2, -0.15) is 13.2 Å². The number of likely N-dealkylation sites (tertiary alicyclic amines) is 1. The molecule has 84 valence electrons. The molecule has 0 atom stereocenters. The lowest BCUT2D eigenvalue weighted by molar-refractivity contribution is -0.148. The average molecular weight is 210 g/mol. The van der Waals surface area contributed by atoms with E-state index in [1.54, 1.807) is 0 Å². The van der Waals surface area contributed by atoms with Gasteiger partial charge in [-0.25, -0.2) is 0 Å². The van der Waals surface area contributed by atoms with Crippen molar-refractivity contribution in [2.45, 2.75) is 32.0 Å². The number of alkyl halides is 3. The van der Waals surface area contributed by atoms with Gasteiger partial charge in [-0.1, -0.05) is 6.92 Å². The van der Waals surface area contributed by atoms with Gasteiger partial charge in [0, 0.05) is 6.04 Å². The molecule has 1 aliphatic rings. The van der Waals surface area contributed by atoms with E-state index < -0.39 is 12.7 Å². The lowest BCUT2D eigenvalue weighted by atomic mass is 10.1. The average Bonchev–Trinajstić information content (AvgIpc) is 2.06. The number of rotatable bonds is 3. The Morgan fingerprint density at radius 1 is 1.29 bits per heavy atom. The molecule has 14 heavy (non-hydrogen) atoms. The lowest BCUT2D eigenvalue weighted by Crippen LogP contribution is -2.45. The van der Waals surface area contributed by atoms with E-state index in [2.05, 4.69) is 5.32 Å². The van der Waals surface area contributed by atoms with Crippen molar-refractivity contribution in [1.82, 2.24) is 10.2 Å². The topological polar surface area (TPSA) is 15.3 Å². The highest BCUT2D eigenvalue weighted by Gasteiger charge is 2.32. The van der Waals surface area contributed by atoms with Gasteiger partial charge in [-0.3, -0.25) is 4.90 Å². The van der Waals surface area contributed by atoms with E-state index in [0.29, 0.717) is 19.1 Å². The monoisotopic (exact) mass is 210 g/mol. The summed E-state index contributed by atoms with van der Waals surface area (Å²) in [6, 6.07) is 0.407. The summed E-state index contributed by atoms with van der Waals surface area (Å²) in [6.07, 6.45) is -2.40. The van der Waals surface area contributed by atoms with E-state index in [1.165, 1.54) is 4.90 Å². The quantitative estimate of drug-likeness (QED) is 0.761. The molecule has 0 aromatic rings. The van der Waals surface area contributed by atoms with Gasteiger partial charge in [0.15, 0.2) is 0 Å². The first kappa shape index (κ1) is 11.8. The Balaban J connectivity index is 2.22. The molecule has 0 aromatic carbocycles. The van der Waals surface area contributed by atoms with Crippen molar-refractivity contribution in [3.63, 3.8) is 0 Å². The largest absolute Gasteiger partial charge is 0.401 e. The molecular weight excluding hydrogens is 193 g/mol. The summed E-state index contributed by atoms with van der Waals surface area (Å²) < 4.78 is 36.1. The molecule has 0 saturated carbocycles. The van der Waals surface area contributed by atoms with Crippen LogP contribution < -0.4 is 5.32 Å². The molecule has 2 nitrogen and oxygen atoms in total. The van der Waals surface area contributed by atoms with Crippen LogP contribution in [0.2, 0.25) is 0 Å². The maximum absolute atomic E-state index is 12.0. The Morgan fingerprint density at radius 2 is 1.86 bits per heavy atom. The maximum atomic E-state index is 12.0. The van der Waals surface area contributed by atoms with Crippen molar-refractivity contribution in [3.05, 3.63) is 0 Å². The fourth-order valence-corrected chi connectivity index (χ4v) is 1.84. The summed E-state index contributed by atoms with van der Waals surface area (Å²) in [7, 11) is 0.